The van der Waals surface area contributed by atoms with E-state index < -0.39 is 0 Å². The summed E-state index contributed by atoms with van der Waals surface area (Å²) in [6.45, 7) is 0. The number of hydrogen-bond donors (Lipinski definition) is 0. The molecular weight excluding hydrogens is 773 g/mol. The van der Waals surface area contributed by atoms with Crippen LogP contribution >= 0.6 is 0 Å². The van der Waals surface area contributed by atoms with Gasteiger partial charge in [0.1, 0.15) is 0 Å². The second-order valence-electron chi connectivity index (χ2n) is 16.5. The molecule has 0 N–H and O–H groups in total. The van der Waals surface area contributed by atoms with Gasteiger partial charge in [-0.1, -0.05) is 194 Å². The van der Waals surface area contributed by atoms with Gasteiger partial charge in [0.05, 0.1) is 16.7 Å². The number of para-hydroxylation sites is 3. The largest absolute Gasteiger partial charge is 0.311 e. The average Bonchev–Trinajstić information content (AvgIpc) is 3.71. The third-order valence-electron chi connectivity index (χ3n) is 12.8. The summed E-state index contributed by atoms with van der Waals surface area (Å²) in [4.78, 5) is 2.36. The van der Waals surface area contributed by atoms with Crippen molar-refractivity contribution < 1.29 is 0 Å². The second kappa shape index (κ2) is 15.8. The van der Waals surface area contributed by atoms with Crippen LogP contribution in [-0.4, -0.2) is 4.57 Å². The predicted octanol–water partition coefficient (Wildman–Crippen LogP) is 17.2. The Morgan fingerprint density at radius 2 is 0.641 bits per heavy atom. The van der Waals surface area contributed by atoms with Crippen molar-refractivity contribution in [2.45, 2.75) is 0 Å². The third-order valence-corrected chi connectivity index (χ3v) is 12.8. The normalized spacial score (nSPS) is 11.4. The zero-order valence-corrected chi connectivity index (χ0v) is 35.1. The number of fused-ring (bicyclic) bond motifs is 6. The van der Waals surface area contributed by atoms with Crippen LogP contribution in [0.15, 0.2) is 255 Å². The average molecular weight is 815 g/mol. The van der Waals surface area contributed by atoms with Crippen LogP contribution < -0.4 is 4.90 Å². The molecule has 2 heteroatoms. The minimum absolute atomic E-state index is 1.09. The SMILES string of the molecule is c1ccc(-c2ccc(N(c3ccc(-c4ccc(-c5ccccc5-n5c6ccccc6c6ccccc65)cc4)cc3)c3ccc(-c4cc5ccccc5c5ccccc45)cc3)cc2)cc1. The summed E-state index contributed by atoms with van der Waals surface area (Å²) in [7, 11) is 0. The molecule has 11 aromatic carbocycles. The van der Waals surface area contributed by atoms with E-state index in [1.165, 1.54) is 93.5 Å². The van der Waals surface area contributed by atoms with Gasteiger partial charge in [0.2, 0.25) is 0 Å². The van der Waals surface area contributed by atoms with Crippen LogP contribution in [-0.2, 0) is 0 Å². The minimum Gasteiger partial charge on any atom is -0.311 e. The highest BCUT2D eigenvalue weighted by Gasteiger charge is 2.17. The molecule has 0 aliphatic heterocycles. The highest BCUT2D eigenvalue weighted by atomic mass is 15.1. The maximum absolute atomic E-state index is 2.41. The van der Waals surface area contributed by atoms with Gasteiger partial charge in [-0.3, -0.25) is 0 Å². The Kier molecular flexibility index (Phi) is 9.20. The van der Waals surface area contributed by atoms with E-state index >= 15 is 0 Å². The van der Waals surface area contributed by atoms with Crippen LogP contribution in [0.2, 0.25) is 0 Å². The van der Waals surface area contributed by atoms with Crippen LogP contribution in [0, 0.1) is 0 Å². The van der Waals surface area contributed by atoms with Crippen LogP contribution in [0.5, 0.6) is 0 Å². The first kappa shape index (κ1) is 37.3. The summed E-state index contributed by atoms with van der Waals surface area (Å²) in [5, 5.41) is 7.60. The van der Waals surface area contributed by atoms with Gasteiger partial charge >= 0.3 is 0 Å². The van der Waals surface area contributed by atoms with Gasteiger partial charge in [-0.15, -0.1) is 0 Å². The van der Waals surface area contributed by atoms with Gasteiger partial charge in [-0.05, 0) is 121 Å². The fourth-order valence-corrected chi connectivity index (χ4v) is 9.70. The topological polar surface area (TPSA) is 8.17 Å². The molecule has 0 amide bonds. The molecule has 1 heterocycles. The fraction of sp³-hybridized carbons (Fsp3) is 0. The van der Waals surface area contributed by atoms with Gasteiger partial charge in [0, 0.05) is 33.4 Å². The van der Waals surface area contributed by atoms with Crippen molar-refractivity contribution in [3.8, 4) is 50.2 Å². The van der Waals surface area contributed by atoms with Gasteiger partial charge < -0.3 is 9.47 Å². The quantitative estimate of drug-likeness (QED) is 0.139. The Morgan fingerprint density at radius 3 is 1.23 bits per heavy atom. The number of anilines is 3. The van der Waals surface area contributed by atoms with Crippen molar-refractivity contribution >= 4 is 60.4 Å². The highest BCUT2D eigenvalue weighted by molar-refractivity contribution is 6.14. The maximum Gasteiger partial charge on any atom is 0.0541 e. The molecule has 12 rings (SSSR count). The molecular formula is C62H42N2. The Balaban J connectivity index is 0.891. The Labute approximate surface area is 373 Å². The van der Waals surface area contributed by atoms with E-state index in [-0.39, 0.29) is 0 Å². The van der Waals surface area contributed by atoms with E-state index in [4.69, 9.17) is 0 Å². The zero-order valence-electron chi connectivity index (χ0n) is 35.1. The van der Waals surface area contributed by atoms with Crippen molar-refractivity contribution in [3.63, 3.8) is 0 Å². The Morgan fingerprint density at radius 1 is 0.250 bits per heavy atom. The van der Waals surface area contributed by atoms with Crippen LogP contribution in [0.1, 0.15) is 0 Å². The van der Waals surface area contributed by atoms with E-state index in [1.54, 1.807) is 0 Å². The van der Waals surface area contributed by atoms with Crippen molar-refractivity contribution in [2.24, 2.45) is 0 Å². The lowest BCUT2D eigenvalue weighted by Gasteiger charge is -2.26. The number of rotatable bonds is 8. The van der Waals surface area contributed by atoms with Gasteiger partial charge in [0.25, 0.3) is 0 Å². The standard InChI is InChI=1S/C62H42N2/c1-2-14-43(15-3-1)45-30-36-50(37-31-45)63(52-40-34-48(35-41-52)59-42-49-16-4-5-17-53(49)55-19-6-7-20-56(55)59)51-38-32-46(33-39-51)44-26-28-47(29-27-44)54-18-8-11-23-60(54)64-61-24-12-9-21-57(61)58-22-10-13-25-62(58)64/h1-42H. The number of benzene rings is 11. The summed E-state index contributed by atoms with van der Waals surface area (Å²) in [6.07, 6.45) is 0. The van der Waals surface area contributed by atoms with Crippen molar-refractivity contribution in [2.75, 3.05) is 4.90 Å². The predicted molar refractivity (Wildman–Crippen MR) is 272 cm³/mol. The Bertz CT molecular complexity index is 3570. The molecule has 0 bridgehead atoms. The summed E-state index contributed by atoms with van der Waals surface area (Å²) in [6, 6.07) is 92.5. The van der Waals surface area contributed by atoms with Crippen LogP contribution in [0.3, 0.4) is 0 Å². The number of aromatic nitrogens is 1. The van der Waals surface area contributed by atoms with Crippen molar-refractivity contribution in [3.05, 3.63) is 255 Å². The smallest absolute Gasteiger partial charge is 0.0541 e. The molecule has 2 nitrogen and oxygen atoms in total. The van der Waals surface area contributed by atoms with Crippen molar-refractivity contribution in [1.29, 1.82) is 0 Å². The molecule has 0 aliphatic rings. The summed E-state index contributed by atoms with van der Waals surface area (Å²) in [5.74, 6) is 0. The molecule has 300 valence electrons. The van der Waals surface area contributed by atoms with Crippen LogP contribution in [0.25, 0.3) is 93.5 Å². The van der Waals surface area contributed by atoms with Gasteiger partial charge in [-0.25, -0.2) is 0 Å². The van der Waals surface area contributed by atoms with Gasteiger partial charge in [0.15, 0.2) is 0 Å². The van der Waals surface area contributed by atoms with Gasteiger partial charge in [-0.2, -0.15) is 0 Å². The molecule has 0 unspecified atom stereocenters. The van der Waals surface area contributed by atoms with E-state index in [0.717, 1.165) is 17.1 Å². The van der Waals surface area contributed by atoms with Crippen LogP contribution in [0.4, 0.5) is 17.1 Å². The first-order valence-electron chi connectivity index (χ1n) is 22.0. The number of hydrogen-bond acceptors (Lipinski definition) is 1. The third kappa shape index (κ3) is 6.52. The lowest BCUT2D eigenvalue weighted by Crippen LogP contribution is -2.09. The van der Waals surface area contributed by atoms with E-state index in [2.05, 4.69) is 264 Å². The first-order chi connectivity index (χ1) is 31.7. The molecule has 0 saturated carbocycles. The molecule has 64 heavy (non-hydrogen) atoms. The second-order valence-corrected chi connectivity index (χ2v) is 16.5. The maximum atomic E-state index is 2.41. The lowest BCUT2D eigenvalue weighted by molar-refractivity contribution is 1.18. The Hall–Kier alpha value is -8.46. The fourth-order valence-electron chi connectivity index (χ4n) is 9.70. The molecule has 0 spiro atoms. The van der Waals surface area contributed by atoms with Crippen molar-refractivity contribution in [1.82, 2.24) is 4.57 Å². The summed E-state index contributed by atoms with van der Waals surface area (Å²) >= 11 is 0. The van der Waals surface area contributed by atoms with E-state index in [9.17, 15) is 0 Å². The molecule has 0 saturated heterocycles. The van der Waals surface area contributed by atoms with E-state index in [0.29, 0.717) is 0 Å². The molecule has 1 aromatic heterocycles. The first-order valence-corrected chi connectivity index (χ1v) is 22.0. The molecule has 0 aliphatic carbocycles. The van der Waals surface area contributed by atoms with E-state index in [1.807, 2.05) is 0 Å². The highest BCUT2D eigenvalue weighted by Crippen LogP contribution is 2.41. The molecule has 0 fully saturated rings. The summed E-state index contributed by atoms with van der Waals surface area (Å²) < 4.78 is 2.41. The minimum atomic E-state index is 1.09. The zero-order chi connectivity index (χ0) is 42.4. The summed E-state index contributed by atoms with van der Waals surface area (Å²) in [5.41, 5.74) is 16.5. The molecule has 0 atom stereocenters. The molecule has 0 radical (unpaired) electrons. The lowest BCUT2D eigenvalue weighted by atomic mass is 9.93. The monoisotopic (exact) mass is 814 g/mol. The molecule has 12 aromatic rings. The number of nitrogens with zero attached hydrogens (tertiary/aromatic N) is 2.